The molecule has 4 N–H and O–H groups in total. The van der Waals surface area contributed by atoms with Crippen LogP contribution in [0.4, 0.5) is 17.3 Å². The van der Waals surface area contributed by atoms with Gasteiger partial charge < -0.3 is 30.6 Å². The fourth-order valence-electron chi connectivity index (χ4n) is 3.58. The molecule has 1 amide bonds. The highest BCUT2D eigenvalue weighted by Crippen LogP contribution is 2.32. The number of carbonyl (C=O) groups is 1. The molecule has 0 unspecified atom stereocenters. The first kappa shape index (κ1) is 25.4. The molecule has 9 nitrogen and oxygen atoms in total. The number of hydrogen-bond donors (Lipinski definition) is 3. The standard InChI is InChI=1S/C28H27N5O4/c1-3-19-16-20(27(34)30-12-13-36-15-14-35-2)18-21(17-19)32-28-31-11-10-26(33-28)37-25-9-8-24(29)22-6-4-5-7-23(22)25/h1,4-11,16-18H,12-15,29H2,2H3,(H,30,34)(H,31,32,33). The van der Waals surface area contributed by atoms with Crippen molar-refractivity contribution in [2.75, 3.05) is 44.5 Å². The summed E-state index contributed by atoms with van der Waals surface area (Å²) in [5.41, 5.74) is 8.25. The van der Waals surface area contributed by atoms with Crippen LogP contribution < -0.4 is 21.1 Å². The average molecular weight is 498 g/mol. The molecule has 188 valence electrons. The van der Waals surface area contributed by atoms with E-state index in [2.05, 4.69) is 26.5 Å². The summed E-state index contributed by atoms with van der Waals surface area (Å²) in [5.74, 6) is 3.54. The molecule has 4 aromatic rings. The van der Waals surface area contributed by atoms with Gasteiger partial charge in [-0.1, -0.05) is 30.2 Å². The van der Waals surface area contributed by atoms with E-state index >= 15 is 0 Å². The normalized spacial score (nSPS) is 10.6. The molecule has 1 heterocycles. The van der Waals surface area contributed by atoms with Crippen LogP contribution in [0.5, 0.6) is 11.6 Å². The Morgan fingerprint density at radius 2 is 1.89 bits per heavy atom. The molecule has 0 saturated heterocycles. The second-order valence-corrected chi connectivity index (χ2v) is 7.95. The van der Waals surface area contributed by atoms with Crippen molar-refractivity contribution in [1.29, 1.82) is 0 Å². The van der Waals surface area contributed by atoms with Crippen molar-refractivity contribution in [3.8, 4) is 24.0 Å². The van der Waals surface area contributed by atoms with E-state index in [-0.39, 0.29) is 11.9 Å². The zero-order valence-electron chi connectivity index (χ0n) is 20.4. The molecule has 4 rings (SSSR count). The van der Waals surface area contributed by atoms with Gasteiger partial charge in [0.1, 0.15) is 5.75 Å². The Labute approximate surface area is 215 Å². The highest BCUT2D eigenvalue weighted by atomic mass is 16.5. The molecule has 0 atom stereocenters. The Morgan fingerprint density at radius 3 is 2.70 bits per heavy atom. The number of nitrogen functional groups attached to an aromatic ring is 1. The monoisotopic (exact) mass is 497 g/mol. The number of methoxy groups -OCH3 is 1. The van der Waals surface area contributed by atoms with Gasteiger partial charge in [0.05, 0.1) is 19.8 Å². The number of anilines is 3. The SMILES string of the molecule is C#Cc1cc(Nc2nccc(Oc3ccc(N)c4ccccc34)n2)cc(C(=O)NCCOCCOC)c1. The summed E-state index contributed by atoms with van der Waals surface area (Å²) in [6.07, 6.45) is 7.19. The molecule has 0 spiro atoms. The number of carbonyl (C=O) groups excluding carboxylic acids is 1. The highest BCUT2D eigenvalue weighted by Gasteiger charge is 2.11. The molecule has 0 bridgehead atoms. The van der Waals surface area contributed by atoms with E-state index in [1.54, 1.807) is 49.7 Å². The third kappa shape index (κ3) is 6.73. The van der Waals surface area contributed by atoms with Crippen LogP contribution in [-0.2, 0) is 9.47 Å². The molecule has 1 aromatic heterocycles. The highest BCUT2D eigenvalue weighted by molar-refractivity contribution is 5.97. The van der Waals surface area contributed by atoms with Gasteiger partial charge in [0.25, 0.3) is 5.91 Å². The number of nitrogens with zero attached hydrogens (tertiary/aromatic N) is 2. The fourth-order valence-corrected chi connectivity index (χ4v) is 3.58. The van der Waals surface area contributed by atoms with Gasteiger partial charge in [0, 0.05) is 59.2 Å². The molecule has 9 heteroatoms. The maximum atomic E-state index is 12.6. The lowest BCUT2D eigenvalue weighted by Crippen LogP contribution is -2.27. The molecule has 37 heavy (non-hydrogen) atoms. The predicted octanol–water partition coefficient (Wildman–Crippen LogP) is 4.12. The number of fused-ring (bicyclic) bond motifs is 1. The summed E-state index contributed by atoms with van der Waals surface area (Å²) in [7, 11) is 1.60. The van der Waals surface area contributed by atoms with Crippen molar-refractivity contribution < 1.29 is 19.0 Å². The number of rotatable bonds is 11. The van der Waals surface area contributed by atoms with Crippen molar-refractivity contribution in [1.82, 2.24) is 15.3 Å². The van der Waals surface area contributed by atoms with Crippen LogP contribution in [-0.4, -0.2) is 49.4 Å². The Kier molecular flexibility index (Phi) is 8.49. The minimum absolute atomic E-state index is 0.274. The Hall–Kier alpha value is -4.65. The maximum absolute atomic E-state index is 12.6. The van der Waals surface area contributed by atoms with Crippen LogP contribution in [0.3, 0.4) is 0 Å². The topological polar surface area (TPSA) is 121 Å². The lowest BCUT2D eigenvalue weighted by Gasteiger charge is -2.12. The van der Waals surface area contributed by atoms with E-state index in [1.807, 2.05) is 24.3 Å². The van der Waals surface area contributed by atoms with E-state index in [0.29, 0.717) is 60.5 Å². The molecular weight excluding hydrogens is 470 g/mol. The summed E-state index contributed by atoms with van der Waals surface area (Å²) < 4.78 is 16.3. The van der Waals surface area contributed by atoms with Crippen LogP contribution in [0.1, 0.15) is 15.9 Å². The van der Waals surface area contributed by atoms with E-state index < -0.39 is 0 Å². The van der Waals surface area contributed by atoms with Gasteiger partial charge in [-0.2, -0.15) is 4.98 Å². The van der Waals surface area contributed by atoms with Crippen molar-refractivity contribution >= 4 is 34.0 Å². The summed E-state index contributed by atoms with van der Waals surface area (Å²) in [6.45, 7) is 1.69. The number of hydrogen-bond acceptors (Lipinski definition) is 8. The quantitative estimate of drug-likeness (QED) is 0.161. The number of terminal acetylenes is 1. The van der Waals surface area contributed by atoms with E-state index in [4.69, 9.17) is 26.4 Å². The van der Waals surface area contributed by atoms with Crippen molar-refractivity contribution in [2.24, 2.45) is 0 Å². The molecule has 0 radical (unpaired) electrons. The number of nitrogens with one attached hydrogen (secondary N) is 2. The summed E-state index contributed by atoms with van der Waals surface area (Å²) in [6, 6.07) is 18.0. The Bertz CT molecular complexity index is 1430. The van der Waals surface area contributed by atoms with Crippen molar-refractivity contribution in [2.45, 2.75) is 0 Å². The zero-order chi connectivity index (χ0) is 26.0. The molecular formula is C28H27N5O4. The van der Waals surface area contributed by atoms with Crippen molar-refractivity contribution in [3.63, 3.8) is 0 Å². The van der Waals surface area contributed by atoms with Crippen LogP contribution in [0.25, 0.3) is 10.8 Å². The predicted molar refractivity (Wildman–Crippen MR) is 143 cm³/mol. The van der Waals surface area contributed by atoms with E-state index in [1.165, 1.54) is 0 Å². The minimum Gasteiger partial charge on any atom is -0.438 e. The first-order valence-electron chi connectivity index (χ1n) is 11.6. The zero-order valence-corrected chi connectivity index (χ0v) is 20.4. The van der Waals surface area contributed by atoms with Gasteiger partial charge in [-0.05, 0) is 30.3 Å². The largest absolute Gasteiger partial charge is 0.438 e. The smallest absolute Gasteiger partial charge is 0.251 e. The molecule has 0 aliphatic rings. The van der Waals surface area contributed by atoms with Gasteiger partial charge in [-0.25, -0.2) is 4.98 Å². The molecule has 0 aliphatic heterocycles. The second kappa shape index (κ2) is 12.4. The first-order valence-corrected chi connectivity index (χ1v) is 11.6. The summed E-state index contributed by atoms with van der Waals surface area (Å²) in [5, 5.41) is 7.68. The van der Waals surface area contributed by atoms with Crippen molar-refractivity contribution in [3.05, 3.63) is 78.0 Å². The number of ether oxygens (including phenoxy) is 3. The van der Waals surface area contributed by atoms with Gasteiger partial charge >= 0.3 is 0 Å². The molecule has 0 saturated carbocycles. The first-order chi connectivity index (χ1) is 18.1. The lowest BCUT2D eigenvalue weighted by molar-refractivity contribution is 0.0692. The fraction of sp³-hybridized carbons (Fsp3) is 0.179. The minimum atomic E-state index is -0.274. The number of aromatic nitrogens is 2. The third-order valence-corrected chi connectivity index (χ3v) is 5.34. The summed E-state index contributed by atoms with van der Waals surface area (Å²) in [4.78, 5) is 21.4. The van der Waals surface area contributed by atoms with Gasteiger partial charge in [-0.3, -0.25) is 4.79 Å². The summed E-state index contributed by atoms with van der Waals surface area (Å²) >= 11 is 0. The van der Waals surface area contributed by atoms with Gasteiger partial charge in [0.15, 0.2) is 0 Å². The second-order valence-electron chi connectivity index (χ2n) is 7.95. The maximum Gasteiger partial charge on any atom is 0.251 e. The van der Waals surface area contributed by atoms with Crippen LogP contribution >= 0.6 is 0 Å². The van der Waals surface area contributed by atoms with Gasteiger partial charge in [0.2, 0.25) is 11.8 Å². The number of benzene rings is 3. The van der Waals surface area contributed by atoms with Gasteiger partial charge in [-0.15, -0.1) is 6.42 Å². The Morgan fingerprint density at radius 1 is 1.05 bits per heavy atom. The number of amides is 1. The van der Waals surface area contributed by atoms with Crippen LogP contribution in [0.2, 0.25) is 0 Å². The van der Waals surface area contributed by atoms with Crippen LogP contribution in [0, 0.1) is 12.3 Å². The van der Waals surface area contributed by atoms with E-state index in [9.17, 15) is 4.79 Å². The number of nitrogens with two attached hydrogens (primary N) is 1. The lowest BCUT2D eigenvalue weighted by atomic mass is 10.1. The Balaban J connectivity index is 1.47. The third-order valence-electron chi connectivity index (χ3n) is 5.34. The molecule has 3 aromatic carbocycles. The van der Waals surface area contributed by atoms with Crippen LogP contribution in [0.15, 0.2) is 66.9 Å². The average Bonchev–Trinajstić information content (AvgIpc) is 2.92. The van der Waals surface area contributed by atoms with E-state index in [0.717, 1.165) is 10.8 Å². The molecule has 0 fully saturated rings. The molecule has 0 aliphatic carbocycles.